The molecule has 0 saturated heterocycles. The van der Waals surface area contributed by atoms with Gasteiger partial charge in [-0.05, 0) is 37.2 Å². The van der Waals surface area contributed by atoms with Crippen LogP contribution in [0, 0.1) is 13.8 Å². The van der Waals surface area contributed by atoms with E-state index in [-0.39, 0.29) is 5.11 Å². The maximum Gasteiger partial charge on any atom is 0.184 e. The van der Waals surface area contributed by atoms with Crippen molar-refractivity contribution in [2.24, 2.45) is 10.8 Å². The van der Waals surface area contributed by atoms with E-state index in [0.717, 1.165) is 5.56 Å². The molecule has 14 heavy (non-hydrogen) atoms. The Bertz CT molecular complexity index is 351. The number of nitrogens with one attached hydrogen (secondary N) is 1. The third-order valence-electron chi connectivity index (χ3n) is 1.91. The minimum atomic E-state index is 0.174. The van der Waals surface area contributed by atoms with Crippen LogP contribution in [0.1, 0.15) is 16.7 Å². The molecule has 0 saturated carbocycles. The monoisotopic (exact) mass is 207 g/mol. The van der Waals surface area contributed by atoms with Crippen molar-refractivity contribution in [2.75, 3.05) is 0 Å². The zero-order chi connectivity index (χ0) is 10.6. The first-order valence-electron chi connectivity index (χ1n) is 4.26. The topological polar surface area (TPSA) is 50.4 Å². The Balaban J connectivity index is 2.85. The zero-order valence-electron chi connectivity index (χ0n) is 8.24. The predicted molar refractivity (Wildman–Crippen MR) is 63.4 cm³/mol. The van der Waals surface area contributed by atoms with Gasteiger partial charge in [0.15, 0.2) is 5.11 Å². The summed E-state index contributed by atoms with van der Waals surface area (Å²) in [5.41, 5.74) is 11.2. The SMILES string of the molecule is Cc1cccc(C)c1C=NNC(N)=S. The van der Waals surface area contributed by atoms with E-state index in [4.69, 9.17) is 5.73 Å². The van der Waals surface area contributed by atoms with Crippen molar-refractivity contribution < 1.29 is 0 Å². The normalized spacial score (nSPS) is 10.4. The van der Waals surface area contributed by atoms with Gasteiger partial charge >= 0.3 is 0 Å². The van der Waals surface area contributed by atoms with Gasteiger partial charge in [-0.25, -0.2) is 0 Å². The molecular formula is C10H13N3S. The number of hydrogen-bond acceptors (Lipinski definition) is 2. The Kier molecular flexibility index (Phi) is 3.59. The van der Waals surface area contributed by atoms with Crippen LogP contribution in [0.3, 0.4) is 0 Å². The molecule has 1 rings (SSSR count). The first kappa shape index (κ1) is 10.7. The van der Waals surface area contributed by atoms with Gasteiger partial charge in [0.1, 0.15) is 0 Å². The second-order valence-electron chi connectivity index (χ2n) is 3.04. The van der Waals surface area contributed by atoms with Gasteiger partial charge in [-0.1, -0.05) is 18.2 Å². The third kappa shape index (κ3) is 2.81. The predicted octanol–water partition coefficient (Wildman–Crippen LogP) is 1.47. The number of nitrogens with zero attached hydrogens (tertiary/aromatic N) is 1. The first-order valence-corrected chi connectivity index (χ1v) is 4.67. The molecule has 3 nitrogen and oxygen atoms in total. The van der Waals surface area contributed by atoms with E-state index in [0.29, 0.717) is 0 Å². The minimum absolute atomic E-state index is 0.174. The van der Waals surface area contributed by atoms with Crippen LogP contribution in [0.5, 0.6) is 0 Å². The van der Waals surface area contributed by atoms with Gasteiger partial charge < -0.3 is 5.73 Å². The van der Waals surface area contributed by atoms with Crippen molar-refractivity contribution >= 4 is 23.5 Å². The Labute approximate surface area is 89.0 Å². The lowest BCUT2D eigenvalue weighted by Gasteiger charge is -2.03. The lowest BCUT2D eigenvalue weighted by atomic mass is 10.0. The molecule has 0 fully saturated rings. The van der Waals surface area contributed by atoms with Gasteiger partial charge in [-0.15, -0.1) is 0 Å². The van der Waals surface area contributed by atoms with Crippen LogP contribution in [-0.2, 0) is 0 Å². The highest BCUT2D eigenvalue weighted by Gasteiger charge is 1.97. The van der Waals surface area contributed by atoms with Crippen molar-refractivity contribution in [3.8, 4) is 0 Å². The summed E-state index contributed by atoms with van der Waals surface area (Å²) in [4.78, 5) is 0. The number of hydrogen-bond donors (Lipinski definition) is 2. The molecule has 0 aliphatic carbocycles. The van der Waals surface area contributed by atoms with Crippen molar-refractivity contribution in [1.29, 1.82) is 0 Å². The van der Waals surface area contributed by atoms with Gasteiger partial charge in [-0.3, -0.25) is 5.43 Å². The van der Waals surface area contributed by atoms with Gasteiger partial charge in [0, 0.05) is 5.56 Å². The lowest BCUT2D eigenvalue weighted by molar-refractivity contribution is 1.04. The summed E-state index contributed by atoms with van der Waals surface area (Å²) < 4.78 is 0. The standard InChI is InChI=1S/C10H13N3S/c1-7-4-3-5-8(2)9(7)6-12-13-10(11)14/h3-6H,1-2H3,(H3,11,13,14). The molecule has 0 atom stereocenters. The summed E-state index contributed by atoms with van der Waals surface area (Å²) in [6.45, 7) is 4.07. The van der Waals surface area contributed by atoms with Crippen LogP contribution in [0.4, 0.5) is 0 Å². The van der Waals surface area contributed by atoms with Crippen molar-refractivity contribution in [3.05, 3.63) is 34.9 Å². The molecule has 0 spiro atoms. The molecular weight excluding hydrogens is 194 g/mol. The van der Waals surface area contributed by atoms with Gasteiger partial charge in [0.25, 0.3) is 0 Å². The molecule has 0 heterocycles. The highest BCUT2D eigenvalue weighted by atomic mass is 32.1. The summed E-state index contributed by atoms with van der Waals surface area (Å²) in [5, 5.41) is 4.10. The highest BCUT2D eigenvalue weighted by molar-refractivity contribution is 7.80. The van der Waals surface area contributed by atoms with E-state index in [2.05, 4.69) is 22.7 Å². The lowest BCUT2D eigenvalue weighted by Crippen LogP contribution is -2.24. The van der Waals surface area contributed by atoms with Crippen LogP contribution < -0.4 is 11.2 Å². The van der Waals surface area contributed by atoms with Crippen molar-refractivity contribution in [1.82, 2.24) is 5.43 Å². The van der Waals surface area contributed by atoms with Gasteiger partial charge in [0.05, 0.1) is 6.21 Å². The second-order valence-corrected chi connectivity index (χ2v) is 3.48. The van der Waals surface area contributed by atoms with Crippen LogP contribution in [-0.4, -0.2) is 11.3 Å². The Morgan fingerprint density at radius 1 is 1.43 bits per heavy atom. The summed E-state index contributed by atoms with van der Waals surface area (Å²) >= 11 is 4.63. The number of thiocarbonyl (C=S) groups is 1. The van der Waals surface area contributed by atoms with Gasteiger partial charge in [0.2, 0.25) is 0 Å². The number of rotatable bonds is 2. The molecule has 0 radical (unpaired) electrons. The molecule has 0 aliphatic heterocycles. The Morgan fingerprint density at radius 3 is 2.50 bits per heavy atom. The molecule has 1 aromatic rings. The molecule has 0 unspecified atom stereocenters. The first-order chi connectivity index (χ1) is 6.61. The highest BCUT2D eigenvalue weighted by Crippen LogP contribution is 2.09. The van der Waals surface area contributed by atoms with E-state index in [1.165, 1.54) is 11.1 Å². The average molecular weight is 207 g/mol. The second kappa shape index (κ2) is 4.72. The van der Waals surface area contributed by atoms with Crippen molar-refractivity contribution in [3.63, 3.8) is 0 Å². The summed E-state index contributed by atoms with van der Waals surface area (Å²) in [6, 6.07) is 6.09. The van der Waals surface area contributed by atoms with Gasteiger partial charge in [-0.2, -0.15) is 5.10 Å². The average Bonchev–Trinajstić information content (AvgIpc) is 2.09. The van der Waals surface area contributed by atoms with Crippen molar-refractivity contribution in [2.45, 2.75) is 13.8 Å². The van der Waals surface area contributed by atoms with E-state index < -0.39 is 0 Å². The smallest absolute Gasteiger partial charge is 0.184 e. The van der Waals surface area contributed by atoms with E-state index in [1.54, 1.807) is 6.21 Å². The van der Waals surface area contributed by atoms with Crippen LogP contribution in [0.15, 0.2) is 23.3 Å². The molecule has 0 amide bonds. The van der Waals surface area contributed by atoms with Crippen LogP contribution >= 0.6 is 12.2 Å². The number of hydrazone groups is 1. The van der Waals surface area contributed by atoms with Crippen LogP contribution in [0.25, 0.3) is 0 Å². The number of benzene rings is 1. The van der Waals surface area contributed by atoms with E-state index >= 15 is 0 Å². The molecule has 0 aliphatic rings. The molecule has 3 N–H and O–H groups in total. The Morgan fingerprint density at radius 2 is 2.00 bits per heavy atom. The fourth-order valence-electron chi connectivity index (χ4n) is 1.19. The quantitative estimate of drug-likeness (QED) is 0.438. The number of aryl methyl sites for hydroxylation is 2. The fourth-order valence-corrected chi connectivity index (χ4v) is 1.24. The zero-order valence-corrected chi connectivity index (χ0v) is 9.06. The fraction of sp³-hybridized carbons (Fsp3) is 0.200. The van der Waals surface area contributed by atoms with Crippen LogP contribution in [0.2, 0.25) is 0 Å². The molecule has 0 aromatic heterocycles. The molecule has 74 valence electrons. The molecule has 4 heteroatoms. The maximum absolute atomic E-state index is 5.24. The maximum atomic E-state index is 5.24. The summed E-state index contributed by atoms with van der Waals surface area (Å²) in [5.74, 6) is 0. The molecule has 1 aromatic carbocycles. The summed E-state index contributed by atoms with van der Waals surface area (Å²) in [7, 11) is 0. The number of nitrogens with two attached hydrogens (primary N) is 1. The largest absolute Gasteiger partial charge is 0.375 e. The molecule has 0 bridgehead atoms. The third-order valence-corrected chi connectivity index (χ3v) is 2.00. The Hall–Kier alpha value is -1.42. The summed E-state index contributed by atoms with van der Waals surface area (Å²) in [6.07, 6.45) is 1.73. The van der Waals surface area contributed by atoms with E-state index in [1.807, 2.05) is 32.0 Å². The van der Waals surface area contributed by atoms with E-state index in [9.17, 15) is 0 Å². The minimum Gasteiger partial charge on any atom is -0.375 e.